The zero-order valence-electron chi connectivity index (χ0n) is 18.0. The number of nitriles is 2. The van der Waals surface area contributed by atoms with Crippen molar-refractivity contribution >= 4 is 44.3 Å². The highest BCUT2D eigenvalue weighted by molar-refractivity contribution is 9.10. The summed E-state index contributed by atoms with van der Waals surface area (Å²) in [6, 6.07) is 15.4. The number of aryl methyl sites for hydroxylation is 1. The number of rotatable bonds is 6. The second kappa shape index (κ2) is 10.6. The van der Waals surface area contributed by atoms with Crippen LogP contribution >= 0.6 is 27.3 Å². The van der Waals surface area contributed by atoms with Crippen molar-refractivity contribution in [3.63, 3.8) is 0 Å². The fraction of sp³-hybridized carbons (Fsp3) is 0.192. The van der Waals surface area contributed by atoms with Gasteiger partial charge in [0.1, 0.15) is 40.9 Å². The van der Waals surface area contributed by atoms with Gasteiger partial charge in [0.2, 0.25) is 0 Å². The normalized spacial score (nSPS) is 12.9. The van der Waals surface area contributed by atoms with Crippen LogP contribution in [0.15, 0.2) is 52.5 Å². The monoisotopic (exact) mass is 535 g/mol. The van der Waals surface area contributed by atoms with Gasteiger partial charge in [0.15, 0.2) is 0 Å². The first-order valence-electron chi connectivity index (χ1n) is 10.6. The Morgan fingerprint density at radius 2 is 1.94 bits per heavy atom. The average Bonchev–Trinajstić information content (AvgIpc) is 3.19. The van der Waals surface area contributed by atoms with E-state index in [1.807, 2.05) is 6.07 Å². The molecule has 1 aliphatic carbocycles. The number of thiophene rings is 1. The number of halogens is 2. The number of hydrogen-bond acceptors (Lipinski definition) is 5. The molecule has 0 aliphatic heterocycles. The van der Waals surface area contributed by atoms with Crippen molar-refractivity contribution < 1.29 is 13.9 Å². The standard InChI is InChI=1S/C26H19BrFN3O2S/c27-22-12-17(7-10-23(22)33-15-16-5-8-19(28)9-6-16)11-18(13-29)25(32)31-26-21(14-30)20-3-1-2-4-24(20)34-26/h5-12H,1-4,15H2,(H,31,32)/b18-11+. The minimum atomic E-state index is -0.551. The first-order chi connectivity index (χ1) is 16.5. The molecule has 0 spiro atoms. The summed E-state index contributed by atoms with van der Waals surface area (Å²) in [6.07, 6.45) is 5.36. The molecule has 1 amide bonds. The maximum atomic E-state index is 13.0. The second-order valence-corrected chi connectivity index (χ2v) is 9.72. The molecular weight excluding hydrogens is 517 g/mol. The molecule has 8 heteroatoms. The number of fused-ring (bicyclic) bond motifs is 1. The van der Waals surface area contributed by atoms with E-state index in [0.29, 0.717) is 26.4 Å². The topological polar surface area (TPSA) is 85.9 Å². The van der Waals surface area contributed by atoms with Gasteiger partial charge in [-0.2, -0.15) is 10.5 Å². The first kappa shape index (κ1) is 23.7. The van der Waals surface area contributed by atoms with E-state index < -0.39 is 5.91 Å². The summed E-state index contributed by atoms with van der Waals surface area (Å²) < 4.78 is 19.5. The zero-order chi connectivity index (χ0) is 24.1. The van der Waals surface area contributed by atoms with Gasteiger partial charge >= 0.3 is 0 Å². The lowest BCUT2D eigenvalue weighted by Gasteiger charge is -2.09. The third-order valence-electron chi connectivity index (χ3n) is 5.45. The molecule has 5 nitrogen and oxygen atoms in total. The van der Waals surface area contributed by atoms with E-state index in [2.05, 4.69) is 27.3 Å². The van der Waals surface area contributed by atoms with E-state index in [1.165, 1.54) is 29.5 Å². The highest BCUT2D eigenvalue weighted by Gasteiger charge is 2.22. The number of anilines is 1. The van der Waals surface area contributed by atoms with Gasteiger partial charge in [-0.05, 0) is 88.6 Å². The predicted molar refractivity (Wildman–Crippen MR) is 133 cm³/mol. The van der Waals surface area contributed by atoms with Crippen molar-refractivity contribution in [2.75, 3.05) is 5.32 Å². The Kier molecular flexibility index (Phi) is 7.42. The Morgan fingerprint density at radius 3 is 2.65 bits per heavy atom. The quantitative estimate of drug-likeness (QED) is 0.287. The summed E-state index contributed by atoms with van der Waals surface area (Å²) >= 11 is 4.88. The van der Waals surface area contributed by atoms with Crippen LogP contribution in [0.5, 0.6) is 5.75 Å². The molecule has 1 heterocycles. The smallest absolute Gasteiger partial charge is 0.266 e. The Bertz CT molecular complexity index is 1350. The molecular formula is C26H19BrFN3O2S. The molecule has 4 rings (SSSR count). The first-order valence-corrected chi connectivity index (χ1v) is 12.2. The molecule has 1 aromatic heterocycles. The van der Waals surface area contributed by atoms with Crippen LogP contribution in [-0.2, 0) is 24.2 Å². The molecule has 1 aliphatic rings. The van der Waals surface area contributed by atoms with Crippen molar-refractivity contribution in [1.29, 1.82) is 10.5 Å². The second-order valence-electron chi connectivity index (χ2n) is 7.76. The maximum Gasteiger partial charge on any atom is 0.266 e. The Balaban J connectivity index is 1.48. The lowest BCUT2D eigenvalue weighted by Crippen LogP contribution is -2.13. The SMILES string of the molecule is N#C/C(=C\c1ccc(OCc2ccc(F)cc2)c(Br)c1)C(=O)Nc1sc2c(c1C#N)CCCC2. The summed E-state index contributed by atoms with van der Waals surface area (Å²) in [5, 5.41) is 22.4. The summed E-state index contributed by atoms with van der Waals surface area (Å²) in [7, 11) is 0. The van der Waals surface area contributed by atoms with Gasteiger partial charge in [0.05, 0.1) is 10.0 Å². The number of carbonyl (C=O) groups excluding carboxylic acids is 1. The summed E-state index contributed by atoms with van der Waals surface area (Å²) in [4.78, 5) is 13.9. The third-order valence-corrected chi connectivity index (χ3v) is 7.28. The number of hydrogen-bond donors (Lipinski definition) is 1. The number of nitrogens with zero attached hydrogens (tertiary/aromatic N) is 2. The molecule has 0 atom stereocenters. The van der Waals surface area contributed by atoms with Gasteiger partial charge in [-0.15, -0.1) is 11.3 Å². The van der Waals surface area contributed by atoms with Gasteiger partial charge in [0, 0.05) is 4.88 Å². The molecule has 1 N–H and O–H groups in total. The minimum Gasteiger partial charge on any atom is -0.488 e. The van der Waals surface area contributed by atoms with E-state index >= 15 is 0 Å². The fourth-order valence-corrected chi connectivity index (χ4v) is 5.47. The van der Waals surface area contributed by atoms with Crippen LogP contribution in [-0.4, -0.2) is 5.91 Å². The number of ether oxygens (including phenoxy) is 1. The molecule has 0 fully saturated rings. The summed E-state index contributed by atoms with van der Waals surface area (Å²) in [6.45, 7) is 0.270. The van der Waals surface area contributed by atoms with Crippen molar-refractivity contribution in [1.82, 2.24) is 0 Å². The van der Waals surface area contributed by atoms with Crippen LogP contribution in [0.1, 0.15) is 40.0 Å². The molecule has 0 saturated heterocycles. The highest BCUT2D eigenvalue weighted by Crippen LogP contribution is 2.38. The number of amides is 1. The van der Waals surface area contributed by atoms with Gasteiger partial charge in [0.25, 0.3) is 5.91 Å². The largest absolute Gasteiger partial charge is 0.488 e. The molecule has 170 valence electrons. The van der Waals surface area contributed by atoms with Crippen molar-refractivity contribution in [3.8, 4) is 17.9 Å². The number of carbonyl (C=O) groups is 1. The van der Waals surface area contributed by atoms with Gasteiger partial charge in [-0.1, -0.05) is 18.2 Å². The molecule has 0 bridgehead atoms. The molecule has 2 aromatic carbocycles. The molecule has 0 saturated carbocycles. The Labute approximate surface area is 209 Å². The van der Waals surface area contributed by atoms with E-state index in [9.17, 15) is 19.7 Å². The number of nitrogens with one attached hydrogen (secondary N) is 1. The van der Waals surface area contributed by atoms with Gasteiger partial charge in [-0.3, -0.25) is 4.79 Å². The summed E-state index contributed by atoms with van der Waals surface area (Å²) in [5.74, 6) is -0.279. The van der Waals surface area contributed by atoms with Crippen molar-refractivity contribution in [2.24, 2.45) is 0 Å². The molecule has 0 radical (unpaired) electrons. The Morgan fingerprint density at radius 1 is 1.18 bits per heavy atom. The van der Waals surface area contributed by atoms with E-state index in [4.69, 9.17) is 4.74 Å². The van der Waals surface area contributed by atoms with Crippen LogP contribution in [0.3, 0.4) is 0 Å². The maximum absolute atomic E-state index is 13.0. The highest BCUT2D eigenvalue weighted by atomic mass is 79.9. The predicted octanol–water partition coefficient (Wildman–Crippen LogP) is 6.52. The average molecular weight is 536 g/mol. The Hall–Kier alpha value is -3.46. The van der Waals surface area contributed by atoms with Crippen LogP contribution in [0.25, 0.3) is 6.08 Å². The van der Waals surface area contributed by atoms with Crippen LogP contribution < -0.4 is 10.1 Å². The lowest BCUT2D eigenvalue weighted by molar-refractivity contribution is -0.112. The minimum absolute atomic E-state index is 0.0675. The van der Waals surface area contributed by atoms with Crippen LogP contribution in [0, 0.1) is 28.5 Å². The van der Waals surface area contributed by atoms with Crippen molar-refractivity contribution in [2.45, 2.75) is 32.3 Å². The molecule has 34 heavy (non-hydrogen) atoms. The fourth-order valence-electron chi connectivity index (χ4n) is 3.72. The van der Waals surface area contributed by atoms with Crippen LogP contribution in [0.2, 0.25) is 0 Å². The van der Waals surface area contributed by atoms with Crippen molar-refractivity contribution in [3.05, 3.63) is 85.5 Å². The van der Waals surface area contributed by atoms with E-state index in [1.54, 1.807) is 30.3 Å². The third kappa shape index (κ3) is 5.36. The van der Waals surface area contributed by atoms with Gasteiger partial charge < -0.3 is 10.1 Å². The van der Waals surface area contributed by atoms with Gasteiger partial charge in [-0.25, -0.2) is 4.39 Å². The summed E-state index contributed by atoms with van der Waals surface area (Å²) in [5.41, 5.74) is 2.93. The molecule has 0 unspecified atom stereocenters. The van der Waals surface area contributed by atoms with E-state index in [-0.39, 0.29) is 18.0 Å². The van der Waals surface area contributed by atoms with E-state index in [0.717, 1.165) is 41.7 Å². The lowest BCUT2D eigenvalue weighted by atomic mass is 9.96. The number of benzene rings is 2. The molecule has 3 aromatic rings. The zero-order valence-corrected chi connectivity index (χ0v) is 20.4. The van der Waals surface area contributed by atoms with Crippen LogP contribution in [0.4, 0.5) is 9.39 Å².